The average molecular weight is 274 g/mol. The fourth-order valence-electron chi connectivity index (χ4n) is 2.32. The zero-order chi connectivity index (χ0) is 14.4. The van der Waals surface area contributed by atoms with E-state index >= 15 is 0 Å². The molecule has 2 aromatic rings. The molecule has 20 heavy (non-hydrogen) atoms. The maximum atomic E-state index is 12.2. The Balaban J connectivity index is 2.43. The van der Waals surface area contributed by atoms with E-state index in [9.17, 15) is 14.8 Å². The second-order valence-electron chi connectivity index (χ2n) is 4.94. The molecule has 1 aliphatic heterocycles. The number of anilines is 1. The fourth-order valence-corrected chi connectivity index (χ4v) is 2.32. The van der Waals surface area contributed by atoms with Gasteiger partial charge in [0, 0.05) is 23.7 Å². The molecule has 0 bridgehead atoms. The summed E-state index contributed by atoms with van der Waals surface area (Å²) in [5.74, 6) is -0.497. The first-order valence-electron chi connectivity index (χ1n) is 6.31. The van der Waals surface area contributed by atoms with Crippen LogP contribution in [0.3, 0.4) is 0 Å². The van der Waals surface area contributed by atoms with Crippen molar-refractivity contribution in [2.75, 3.05) is 5.32 Å². The standard InChI is InChI=1S/C13H14N4O3/c1-6-7(2)16-12(18)9-10(15-6)8-4-3-5-14-11(8)17(20)13(9)19/h3-7,15,20H,1-2H3,(H,16,18). The van der Waals surface area contributed by atoms with Crippen molar-refractivity contribution in [3.63, 3.8) is 0 Å². The van der Waals surface area contributed by atoms with Crippen LogP contribution in [0.25, 0.3) is 11.0 Å². The molecule has 2 unspecified atom stereocenters. The predicted octanol–water partition coefficient (Wildman–Crippen LogP) is 0.566. The quantitative estimate of drug-likeness (QED) is 0.610. The maximum absolute atomic E-state index is 12.2. The summed E-state index contributed by atoms with van der Waals surface area (Å²) in [7, 11) is 0. The number of amides is 1. The van der Waals surface area contributed by atoms with Gasteiger partial charge in [-0.05, 0) is 26.0 Å². The van der Waals surface area contributed by atoms with E-state index < -0.39 is 11.5 Å². The van der Waals surface area contributed by atoms with Crippen LogP contribution in [-0.2, 0) is 0 Å². The smallest absolute Gasteiger partial charge is 0.299 e. The van der Waals surface area contributed by atoms with Crippen LogP contribution < -0.4 is 16.2 Å². The number of nitrogens with zero attached hydrogens (tertiary/aromatic N) is 2. The predicted molar refractivity (Wildman–Crippen MR) is 73.2 cm³/mol. The van der Waals surface area contributed by atoms with Gasteiger partial charge < -0.3 is 15.8 Å². The first-order chi connectivity index (χ1) is 9.50. The third kappa shape index (κ3) is 1.63. The first-order valence-corrected chi connectivity index (χ1v) is 6.31. The molecule has 3 N–H and O–H groups in total. The minimum atomic E-state index is -0.780. The van der Waals surface area contributed by atoms with Gasteiger partial charge in [-0.15, -0.1) is 4.73 Å². The zero-order valence-electron chi connectivity index (χ0n) is 11.0. The van der Waals surface area contributed by atoms with Crippen LogP contribution in [0.5, 0.6) is 0 Å². The van der Waals surface area contributed by atoms with Crippen molar-refractivity contribution in [1.82, 2.24) is 15.0 Å². The molecule has 2 aromatic heterocycles. The zero-order valence-corrected chi connectivity index (χ0v) is 11.0. The first kappa shape index (κ1) is 12.5. The third-order valence-corrected chi connectivity index (χ3v) is 3.62. The monoisotopic (exact) mass is 274 g/mol. The molecule has 0 saturated carbocycles. The number of fused-ring (bicyclic) bond motifs is 3. The van der Waals surface area contributed by atoms with Gasteiger partial charge in [0.2, 0.25) is 0 Å². The van der Waals surface area contributed by atoms with Gasteiger partial charge in [0.1, 0.15) is 5.56 Å². The molecule has 104 valence electrons. The number of carbonyl (C=O) groups is 1. The van der Waals surface area contributed by atoms with Crippen molar-refractivity contribution >= 4 is 22.6 Å². The van der Waals surface area contributed by atoms with Gasteiger partial charge in [0.25, 0.3) is 11.5 Å². The van der Waals surface area contributed by atoms with E-state index in [4.69, 9.17) is 0 Å². The fraction of sp³-hybridized carbons (Fsp3) is 0.308. The van der Waals surface area contributed by atoms with Crippen LogP contribution in [0.15, 0.2) is 23.1 Å². The molecule has 1 amide bonds. The van der Waals surface area contributed by atoms with E-state index in [-0.39, 0.29) is 23.3 Å². The molecule has 7 heteroatoms. The summed E-state index contributed by atoms with van der Waals surface area (Å²) >= 11 is 0. The van der Waals surface area contributed by atoms with Crippen molar-refractivity contribution in [2.24, 2.45) is 0 Å². The molecule has 0 aromatic carbocycles. The Morgan fingerprint density at radius 2 is 1.95 bits per heavy atom. The number of carbonyl (C=O) groups excluding carboxylic acids is 1. The van der Waals surface area contributed by atoms with Crippen LogP contribution in [0.4, 0.5) is 5.69 Å². The highest BCUT2D eigenvalue weighted by molar-refractivity contribution is 6.07. The van der Waals surface area contributed by atoms with Crippen molar-refractivity contribution in [3.8, 4) is 0 Å². The number of hydrogen-bond donors (Lipinski definition) is 3. The molecular formula is C13H14N4O3. The van der Waals surface area contributed by atoms with E-state index in [2.05, 4.69) is 15.6 Å². The SMILES string of the molecule is CC1NC(=O)c2c(c3cccnc3n(O)c2=O)NC1C. The molecule has 3 heterocycles. The van der Waals surface area contributed by atoms with E-state index in [1.54, 1.807) is 12.1 Å². The highest BCUT2D eigenvalue weighted by Gasteiger charge is 2.29. The Bertz CT molecular complexity index is 768. The van der Waals surface area contributed by atoms with Crippen molar-refractivity contribution < 1.29 is 10.0 Å². The lowest BCUT2D eigenvalue weighted by atomic mass is 10.1. The summed E-state index contributed by atoms with van der Waals surface area (Å²) in [6.07, 6.45) is 1.48. The molecule has 0 saturated heterocycles. The third-order valence-electron chi connectivity index (χ3n) is 3.62. The summed E-state index contributed by atoms with van der Waals surface area (Å²) in [6, 6.07) is 3.19. The number of hydrogen-bond acceptors (Lipinski definition) is 5. The summed E-state index contributed by atoms with van der Waals surface area (Å²) < 4.78 is 0.413. The molecule has 7 nitrogen and oxygen atoms in total. The number of aromatic nitrogens is 2. The molecule has 3 rings (SSSR count). The topological polar surface area (TPSA) is 96.2 Å². The minimum Gasteiger partial charge on any atom is -0.423 e. The van der Waals surface area contributed by atoms with Gasteiger partial charge >= 0.3 is 0 Å². The Kier molecular flexibility index (Phi) is 2.63. The van der Waals surface area contributed by atoms with Gasteiger partial charge in [-0.25, -0.2) is 4.98 Å². The van der Waals surface area contributed by atoms with Crippen LogP contribution in [0.1, 0.15) is 24.2 Å². The minimum absolute atomic E-state index is 0.0578. The summed E-state index contributed by atoms with van der Waals surface area (Å²) in [5.41, 5.74) is -0.335. The van der Waals surface area contributed by atoms with Crippen LogP contribution in [0, 0.1) is 0 Å². The van der Waals surface area contributed by atoms with Gasteiger partial charge in [0.05, 0.1) is 5.69 Å². The highest BCUT2D eigenvalue weighted by atomic mass is 16.5. The van der Waals surface area contributed by atoms with E-state index in [1.807, 2.05) is 13.8 Å². The van der Waals surface area contributed by atoms with Gasteiger partial charge in [-0.3, -0.25) is 9.59 Å². The lowest BCUT2D eigenvalue weighted by Gasteiger charge is -2.19. The second-order valence-corrected chi connectivity index (χ2v) is 4.94. The molecule has 0 spiro atoms. The summed E-state index contributed by atoms with van der Waals surface area (Å²) in [6.45, 7) is 3.76. The van der Waals surface area contributed by atoms with E-state index in [1.165, 1.54) is 6.20 Å². The maximum Gasteiger partial charge on any atom is 0.299 e. The number of pyridine rings is 2. The van der Waals surface area contributed by atoms with Gasteiger partial charge in [0.15, 0.2) is 5.65 Å². The number of rotatable bonds is 0. The Morgan fingerprint density at radius 3 is 2.70 bits per heavy atom. The Hall–Kier alpha value is -2.57. The molecule has 0 radical (unpaired) electrons. The van der Waals surface area contributed by atoms with E-state index in [0.717, 1.165) is 0 Å². The molecule has 0 fully saturated rings. The molecule has 0 aliphatic carbocycles. The van der Waals surface area contributed by atoms with Crippen molar-refractivity contribution in [1.29, 1.82) is 0 Å². The van der Waals surface area contributed by atoms with Gasteiger partial charge in [-0.2, -0.15) is 0 Å². The van der Waals surface area contributed by atoms with E-state index in [0.29, 0.717) is 15.8 Å². The summed E-state index contributed by atoms with van der Waals surface area (Å²) in [4.78, 5) is 28.3. The molecular weight excluding hydrogens is 260 g/mol. The Labute approximate surface area is 114 Å². The van der Waals surface area contributed by atoms with Crippen LogP contribution >= 0.6 is 0 Å². The normalized spacial score (nSPS) is 21.8. The van der Waals surface area contributed by atoms with Crippen molar-refractivity contribution in [3.05, 3.63) is 34.2 Å². The van der Waals surface area contributed by atoms with Crippen LogP contribution in [-0.4, -0.2) is 32.9 Å². The lowest BCUT2D eigenvalue weighted by molar-refractivity contribution is 0.0934. The lowest BCUT2D eigenvalue weighted by Crippen LogP contribution is -2.41. The van der Waals surface area contributed by atoms with Crippen molar-refractivity contribution in [2.45, 2.75) is 25.9 Å². The molecule has 2 atom stereocenters. The average Bonchev–Trinajstić information content (AvgIpc) is 2.54. The number of nitrogens with one attached hydrogen (secondary N) is 2. The Morgan fingerprint density at radius 1 is 1.25 bits per heavy atom. The summed E-state index contributed by atoms with van der Waals surface area (Å²) in [5, 5.41) is 16.3. The highest BCUT2D eigenvalue weighted by Crippen LogP contribution is 2.26. The van der Waals surface area contributed by atoms with Gasteiger partial charge in [-0.1, -0.05) is 0 Å². The largest absolute Gasteiger partial charge is 0.423 e. The van der Waals surface area contributed by atoms with Crippen LogP contribution in [0.2, 0.25) is 0 Å². The second kappa shape index (κ2) is 4.22. The molecule has 1 aliphatic rings.